The predicted octanol–water partition coefficient (Wildman–Crippen LogP) is 5.46. The van der Waals surface area contributed by atoms with Crippen LogP contribution in [0.15, 0.2) is 77.7 Å². The third-order valence-corrected chi connectivity index (χ3v) is 7.18. The molecule has 0 radical (unpaired) electrons. The third kappa shape index (κ3) is 6.90. The average molecular weight is 495 g/mol. The maximum atomic E-state index is 12.4. The standard InChI is InChI=1S/C22H20Cl2N2O3S2/c23-17-6-4-5-16(13-17)15-30-12-11-25-22(27)20-10-9-18(14-21(20)24)26-31(28,29)19-7-2-1-3-8-19/h1-10,13-14,26H,11-12,15H2,(H,25,27). The lowest BCUT2D eigenvalue weighted by atomic mass is 10.2. The van der Waals surface area contributed by atoms with Gasteiger partial charge in [0, 0.05) is 23.1 Å². The Kier molecular flexibility index (Phi) is 8.26. The van der Waals surface area contributed by atoms with Crippen molar-refractivity contribution >= 4 is 56.6 Å². The SMILES string of the molecule is O=C(NCCSCc1cccc(Cl)c1)c1ccc(NS(=O)(=O)c2ccccc2)cc1Cl. The number of hydrogen-bond acceptors (Lipinski definition) is 4. The van der Waals surface area contributed by atoms with Gasteiger partial charge >= 0.3 is 0 Å². The number of nitrogens with one attached hydrogen (secondary N) is 2. The summed E-state index contributed by atoms with van der Waals surface area (Å²) < 4.78 is 27.3. The Balaban J connectivity index is 1.51. The minimum atomic E-state index is -3.73. The predicted molar refractivity (Wildman–Crippen MR) is 129 cm³/mol. The van der Waals surface area contributed by atoms with Crippen molar-refractivity contribution in [3.8, 4) is 0 Å². The molecule has 0 unspecified atom stereocenters. The van der Waals surface area contributed by atoms with Crippen LogP contribution in [0.3, 0.4) is 0 Å². The number of thioether (sulfide) groups is 1. The van der Waals surface area contributed by atoms with Crippen LogP contribution < -0.4 is 10.0 Å². The normalized spacial score (nSPS) is 11.2. The zero-order valence-electron chi connectivity index (χ0n) is 16.3. The molecule has 0 aliphatic carbocycles. The van der Waals surface area contributed by atoms with Crippen LogP contribution in [-0.2, 0) is 15.8 Å². The second-order valence-corrected chi connectivity index (χ2v) is 10.2. The van der Waals surface area contributed by atoms with Gasteiger partial charge in [0.2, 0.25) is 0 Å². The first-order chi connectivity index (χ1) is 14.8. The van der Waals surface area contributed by atoms with Crippen molar-refractivity contribution in [2.75, 3.05) is 17.0 Å². The highest BCUT2D eigenvalue weighted by molar-refractivity contribution is 7.98. The van der Waals surface area contributed by atoms with Gasteiger partial charge in [0.25, 0.3) is 15.9 Å². The van der Waals surface area contributed by atoms with E-state index in [2.05, 4.69) is 10.0 Å². The van der Waals surface area contributed by atoms with Crippen LogP contribution in [0.1, 0.15) is 15.9 Å². The Bertz CT molecular complexity index is 1160. The first kappa shape index (κ1) is 23.5. The molecular formula is C22H20Cl2N2O3S2. The quantitative estimate of drug-likeness (QED) is 0.387. The molecule has 0 atom stereocenters. The van der Waals surface area contributed by atoms with Crippen LogP contribution in [0.2, 0.25) is 10.0 Å². The van der Waals surface area contributed by atoms with Crippen molar-refractivity contribution in [1.29, 1.82) is 0 Å². The molecule has 3 aromatic rings. The van der Waals surface area contributed by atoms with Crippen molar-refractivity contribution in [3.63, 3.8) is 0 Å². The highest BCUT2D eigenvalue weighted by Crippen LogP contribution is 2.23. The van der Waals surface area contributed by atoms with Crippen LogP contribution in [0.4, 0.5) is 5.69 Å². The first-order valence-electron chi connectivity index (χ1n) is 9.33. The summed E-state index contributed by atoms with van der Waals surface area (Å²) >= 11 is 13.9. The topological polar surface area (TPSA) is 75.3 Å². The summed E-state index contributed by atoms with van der Waals surface area (Å²) in [5.74, 6) is 1.21. The van der Waals surface area contributed by atoms with Crippen molar-refractivity contribution in [1.82, 2.24) is 5.32 Å². The van der Waals surface area contributed by atoms with Crippen LogP contribution in [0, 0.1) is 0 Å². The fraction of sp³-hybridized carbons (Fsp3) is 0.136. The molecule has 0 fully saturated rings. The van der Waals surface area contributed by atoms with Gasteiger partial charge in [-0.1, -0.05) is 53.5 Å². The largest absolute Gasteiger partial charge is 0.351 e. The number of amides is 1. The van der Waals surface area contributed by atoms with Crippen LogP contribution in [-0.4, -0.2) is 26.6 Å². The number of rotatable bonds is 9. The number of anilines is 1. The minimum absolute atomic E-state index is 0.142. The summed E-state index contributed by atoms with van der Waals surface area (Å²) in [5.41, 5.74) is 1.69. The van der Waals surface area contributed by atoms with Gasteiger partial charge < -0.3 is 5.32 Å². The summed E-state index contributed by atoms with van der Waals surface area (Å²) in [5, 5.41) is 3.69. The van der Waals surface area contributed by atoms with Gasteiger partial charge in [0.15, 0.2) is 0 Å². The van der Waals surface area contributed by atoms with E-state index in [4.69, 9.17) is 23.2 Å². The number of carbonyl (C=O) groups excluding carboxylic acids is 1. The number of carbonyl (C=O) groups is 1. The van der Waals surface area contributed by atoms with E-state index >= 15 is 0 Å². The Morgan fingerprint density at radius 1 is 0.935 bits per heavy atom. The number of benzene rings is 3. The smallest absolute Gasteiger partial charge is 0.261 e. The van der Waals surface area contributed by atoms with Crippen molar-refractivity contribution in [2.45, 2.75) is 10.6 Å². The number of halogens is 2. The van der Waals surface area contributed by atoms with Crippen molar-refractivity contribution in [3.05, 3.63) is 94.0 Å². The highest BCUT2D eigenvalue weighted by Gasteiger charge is 2.16. The van der Waals surface area contributed by atoms with Crippen molar-refractivity contribution in [2.24, 2.45) is 0 Å². The molecule has 9 heteroatoms. The number of sulfonamides is 1. The van der Waals surface area contributed by atoms with Crippen LogP contribution in [0.25, 0.3) is 0 Å². The van der Waals surface area contributed by atoms with E-state index in [1.54, 1.807) is 30.0 Å². The summed E-state index contributed by atoms with van der Waals surface area (Å²) in [6.07, 6.45) is 0. The monoisotopic (exact) mass is 494 g/mol. The van der Waals surface area contributed by atoms with E-state index in [1.807, 2.05) is 24.3 Å². The third-order valence-electron chi connectivity index (χ3n) is 4.21. The Labute approximate surface area is 196 Å². The van der Waals surface area contributed by atoms with Gasteiger partial charge in [-0.15, -0.1) is 0 Å². The van der Waals surface area contributed by atoms with Crippen LogP contribution >= 0.6 is 35.0 Å². The Morgan fingerprint density at radius 2 is 1.71 bits per heavy atom. The molecule has 0 saturated heterocycles. The summed E-state index contributed by atoms with van der Waals surface area (Å²) in [6.45, 7) is 0.475. The fourth-order valence-electron chi connectivity index (χ4n) is 2.73. The maximum absolute atomic E-state index is 12.4. The summed E-state index contributed by atoms with van der Waals surface area (Å²) in [6, 6.07) is 20.1. The van der Waals surface area contributed by atoms with E-state index < -0.39 is 10.0 Å². The van der Waals surface area contributed by atoms with E-state index in [9.17, 15) is 13.2 Å². The van der Waals surface area contributed by atoms with Gasteiger partial charge in [-0.2, -0.15) is 11.8 Å². The van der Waals surface area contributed by atoms with Gasteiger partial charge in [0.1, 0.15) is 0 Å². The lowest BCUT2D eigenvalue weighted by molar-refractivity contribution is 0.0956. The molecule has 0 aliphatic rings. The molecule has 3 rings (SSSR count). The molecule has 162 valence electrons. The first-order valence-corrected chi connectivity index (χ1v) is 12.7. The maximum Gasteiger partial charge on any atom is 0.261 e. The molecule has 0 saturated carbocycles. The van der Waals surface area contributed by atoms with E-state index in [0.717, 1.165) is 17.1 Å². The molecule has 31 heavy (non-hydrogen) atoms. The Morgan fingerprint density at radius 3 is 2.42 bits per heavy atom. The lowest BCUT2D eigenvalue weighted by Crippen LogP contribution is -2.26. The average Bonchev–Trinajstić information content (AvgIpc) is 2.74. The Hall–Kier alpha value is -2.19. The molecule has 0 aliphatic heterocycles. The molecule has 2 N–H and O–H groups in total. The minimum Gasteiger partial charge on any atom is -0.351 e. The van der Waals surface area contributed by atoms with Gasteiger partial charge in [-0.05, 0) is 48.0 Å². The van der Waals surface area contributed by atoms with Crippen LogP contribution in [0.5, 0.6) is 0 Å². The summed E-state index contributed by atoms with van der Waals surface area (Å²) in [7, 11) is -3.73. The zero-order chi connectivity index (χ0) is 22.3. The molecule has 5 nitrogen and oxygen atoms in total. The second-order valence-electron chi connectivity index (χ2n) is 6.55. The molecule has 0 heterocycles. The molecule has 3 aromatic carbocycles. The summed E-state index contributed by atoms with van der Waals surface area (Å²) in [4.78, 5) is 12.5. The van der Waals surface area contributed by atoms with E-state index in [-0.39, 0.29) is 27.1 Å². The molecule has 0 aromatic heterocycles. The lowest BCUT2D eigenvalue weighted by Gasteiger charge is -2.11. The van der Waals surface area contributed by atoms with E-state index in [0.29, 0.717) is 11.6 Å². The van der Waals surface area contributed by atoms with Crippen molar-refractivity contribution < 1.29 is 13.2 Å². The molecular weight excluding hydrogens is 475 g/mol. The second kappa shape index (κ2) is 10.9. The molecule has 0 spiro atoms. The zero-order valence-corrected chi connectivity index (χ0v) is 19.5. The fourth-order valence-corrected chi connectivity index (χ4v) is 5.08. The molecule has 1 amide bonds. The number of hydrogen-bond donors (Lipinski definition) is 2. The van der Waals surface area contributed by atoms with Gasteiger partial charge in [0.05, 0.1) is 21.2 Å². The van der Waals surface area contributed by atoms with Gasteiger partial charge in [-0.25, -0.2) is 8.42 Å². The van der Waals surface area contributed by atoms with E-state index in [1.165, 1.54) is 30.3 Å². The van der Waals surface area contributed by atoms with Gasteiger partial charge in [-0.3, -0.25) is 9.52 Å². The highest BCUT2D eigenvalue weighted by atomic mass is 35.5. The molecule has 0 bridgehead atoms.